The highest BCUT2D eigenvalue weighted by atomic mass is 16.2. The number of fused-ring (bicyclic) bond motifs is 2. The van der Waals surface area contributed by atoms with Crippen molar-refractivity contribution in [1.29, 1.82) is 0 Å². The van der Waals surface area contributed by atoms with Crippen LogP contribution < -0.4 is 15.5 Å². The lowest BCUT2D eigenvalue weighted by Gasteiger charge is -2.41. The van der Waals surface area contributed by atoms with Crippen LogP contribution in [0.1, 0.15) is 68.3 Å². The van der Waals surface area contributed by atoms with Gasteiger partial charge >= 0.3 is 0 Å². The molecule has 1 saturated carbocycles. The minimum atomic E-state index is -0.560. The molecule has 1 aromatic carbocycles. The Bertz CT molecular complexity index is 971. The van der Waals surface area contributed by atoms with Gasteiger partial charge in [-0.15, -0.1) is 0 Å². The van der Waals surface area contributed by atoms with Gasteiger partial charge in [-0.05, 0) is 70.1 Å². The summed E-state index contributed by atoms with van der Waals surface area (Å²) in [6.07, 6.45) is 7.94. The molecule has 5 rings (SSSR count). The minimum absolute atomic E-state index is 0.0306. The Morgan fingerprint density at radius 1 is 0.906 bits per heavy atom. The van der Waals surface area contributed by atoms with E-state index in [4.69, 9.17) is 0 Å². The lowest BCUT2D eigenvalue weighted by atomic mass is 9.83. The van der Waals surface area contributed by atoms with E-state index < -0.39 is 5.41 Å². The first-order valence-electron chi connectivity index (χ1n) is 11.8. The number of nitrogens with one attached hydrogen (secondary N) is 2. The lowest BCUT2D eigenvalue weighted by molar-refractivity contribution is -0.126. The van der Waals surface area contributed by atoms with Crippen molar-refractivity contribution in [3.05, 3.63) is 59.8 Å². The fraction of sp³-hybridized carbons (Fsp3) is 0.500. The molecular formula is C26H32N4O2. The topological polar surface area (TPSA) is 74.3 Å². The molecular weight excluding hydrogens is 400 g/mol. The maximum atomic E-state index is 13.1. The van der Waals surface area contributed by atoms with Crippen LogP contribution in [0.25, 0.3) is 0 Å². The zero-order valence-corrected chi connectivity index (χ0v) is 18.9. The van der Waals surface area contributed by atoms with Crippen molar-refractivity contribution < 1.29 is 9.59 Å². The number of hydrogen-bond acceptors (Lipinski definition) is 4. The summed E-state index contributed by atoms with van der Waals surface area (Å²) >= 11 is 0. The molecule has 32 heavy (non-hydrogen) atoms. The van der Waals surface area contributed by atoms with Crippen molar-refractivity contribution in [3.63, 3.8) is 0 Å². The van der Waals surface area contributed by atoms with Gasteiger partial charge in [-0.2, -0.15) is 0 Å². The summed E-state index contributed by atoms with van der Waals surface area (Å²) < 4.78 is 0. The number of carbonyl (C=O) groups is 2. The van der Waals surface area contributed by atoms with Crippen LogP contribution in [0.4, 0.5) is 5.82 Å². The lowest BCUT2D eigenvalue weighted by Crippen LogP contribution is -2.53. The van der Waals surface area contributed by atoms with Crippen LogP contribution in [-0.4, -0.2) is 41.0 Å². The molecule has 2 saturated heterocycles. The van der Waals surface area contributed by atoms with Gasteiger partial charge in [0.05, 0.1) is 11.0 Å². The summed E-state index contributed by atoms with van der Waals surface area (Å²) in [4.78, 5) is 32.4. The van der Waals surface area contributed by atoms with Crippen LogP contribution in [0.3, 0.4) is 0 Å². The van der Waals surface area contributed by atoms with Crippen molar-refractivity contribution >= 4 is 17.6 Å². The van der Waals surface area contributed by atoms with Crippen molar-refractivity contribution in [3.8, 4) is 0 Å². The summed E-state index contributed by atoms with van der Waals surface area (Å²) in [5, 5.41) is 6.35. The van der Waals surface area contributed by atoms with Gasteiger partial charge < -0.3 is 15.5 Å². The number of piperidine rings is 1. The summed E-state index contributed by atoms with van der Waals surface area (Å²) in [7, 11) is 0. The molecule has 3 aliphatic rings. The smallest absolute Gasteiger partial charge is 0.253 e. The Kier molecular flexibility index (Phi) is 5.39. The van der Waals surface area contributed by atoms with Gasteiger partial charge in [0.25, 0.3) is 5.91 Å². The van der Waals surface area contributed by atoms with Crippen LogP contribution >= 0.6 is 0 Å². The number of aromatic nitrogens is 1. The highest BCUT2D eigenvalue weighted by Crippen LogP contribution is 2.39. The van der Waals surface area contributed by atoms with Gasteiger partial charge in [-0.25, -0.2) is 4.98 Å². The predicted octanol–water partition coefficient (Wildman–Crippen LogP) is 3.57. The van der Waals surface area contributed by atoms with Gasteiger partial charge in [0, 0.05) is 30.4 Å². The Labute approximate surface area is 189 Å². The molecule has 3 fully saturated rings. The SMILES string of the molecule is CC(C)(C(=O)NC1C[C@H]2CC[C@@H](C1)N2c1ccc(C(=O)NC2CC2)cn1)c1ccccc1. The second-order valence-corrected chi connectivity index (χ2v) is 10.1. The van der Waals surface area contributed by atoms with Gasteiger partial charge in [-0.1, -0.05) is 30.3 Å². The van der Waals surface area contributed by atoms with Crippen molar-refractivity contribution in [2.24, 2.45) is 0 Å². The number of hydrogen-bond donors (Lipinski definition) is 2. The van der Waals surface area contributed by atoms with Crippen LogP contribution in [0, 0.1) is 0 Å². The maximum absolute atomic E-state index is 13.1. The van der Waals surface area contributed by atoms with Gasteiger partial charge in [-0.3, -0.25) is 9.59 Å². The normalized spacial score (nSPS) is 24.8. The predicted molar refractivity (Wildman–Crippen MR) is 125 cm³/mol. The largest absolute Gasteiger partial charge is 0.352 e. The second kappa shape index (κ2) is 8.23. The zero-order chi connectivity index (χ0) is 22.3. The average Bonchev–Trinajstić information content (AvgIpc) is 3.57. The van der Waals surface area contributed by atoms with Gasteiger partial charge in [0.1, 0.15) is 5.82 Å². The van der Waals surface area contributed by atoms with E-state index in [1.165, 1.54) is 0 Å². The molecule has 1 aliphatic carbocycles. The monoisotopic (exact) mass is 432 g/mol. The molecule has 2 aliphatic heterocycles. The fourth-order valence-electron chi connectivity index (χ4n) is 5.19. The molecule has 6 nitrogen and oxygen atoms in total. The third-order valence-electron chi connectivity index (χ3n) is 7.32. The Morgan fingerprint density at radius 3 is 2.19 bits per heavy atom. The number of rotatable bonds is 6. The van der Waals surface area contributed by atoms with E-state index in [9.17, 15) is 9.59 Å². The van der Waals surface area contributed by atoms with Crippen molar-refractivity contribution in [2.45, 2.75) is 82.0 Å². The maximum Gasteiger partial charge on any atom is 0.253 e. The molecule has 3 heterocycles. The third-order valence-corrected chi connectivity index (χ3v) is 7.32. The highest BCUT2D eigenvalue weighted by molar-refractivity contribution is 5.94. The quantitative estimate of drug-likeness (QED) is 0.732. The van der Waals surface area contributed by atoms with Gasteiger partial charge in [0.2, 0.25) is 5.91 Å². The van der Waals surface area contributed by atoms with Crippen LogP contribution in [0.15, 0.2) is 48.7 Å². The number of nitrogens with zero attached hydrogens (tertiary/aromatic N) is 2. The Morgan fingerprint density at radius 2 is 1.59 bits per heavy atom. The number of anilines is 1. The molecule has 1 unspecified atom stereocenters. The molecule has 1 aromatic heterocycles. The van der Waals surface area contributed by atoms with Crippen molar-refractivity contribution in [1.82, 2.24) is 15.6 Å². The van der Waals surface area contributed by atoms with E-state index in [2.05, 4.69) is 20.5 Å². The number of pyridine rings is 1. The molecule has 0 spiro atoms. The highest BCUT2D eigenvalue weighted by Gasteiger charge is 2.43. The Balaban J connectivity index is 1.23. The molecule has 0 radical (unpaired) electrons. The molecule has 2 N–H and O–H groups in total. The molecule has 2 bridgehead atoms. The molecule has 2 amide bonds. The number of carbonyl (C=O) groups excluding carboxylic acids is 2. The van der Waals surface area contributed by atoms with E-state index >= 15 is 0 Å². The van der Waals surface area contributed by atoms with Crippen LogP contribution in [-0.2, 0) is 10.2 Å². The minimum Gasteiger partial charge on any atom is -0.352 e. The van der Waals surface area contributed by atoms with Crippen LogP contribution in [0.5, 0.6) is 0 Å². The van der Waals surface area contributed by atoms with E-state index in [-0.39, 0.29) is 17.9 Å². The first-order chi connectivity index (χ1) is 15.4. The molecule has 6 heteroatoms. The second-order valence-electron chi connectivity index (χ2n) is 10.1. The summed E-state index contributed by atoms with van der Waals surface area (Å²) in [5.74, 6) is 0.998. The van der Waals surface area contributed by atoms with E-state index in [0.29, 0.717) is 23.7 Å². The molecule has 3 atom stereocenters. The van der Waals surface area contributed by atoms with Crippen molar-refractivity contribution in [2.75, 3.05) is 4.90 Å². The summed E-state index contributed by atoms with van der Waals surface area (Å²) in [6, 6.07) is 15.1. The standard InChI is InChI=1S/C26H32N4O2/c1-26(2,18-6-4-3-5-7-18)25(32)29-20-14-21-11-12-22(15-20)30(21)23-13-8-17(16-27-23)24(31)28-19-9-10-19/h3-8,13,16,19-22H,9-12,14-15H2,1-2H3,(H,28,31)(H,29,32)/t20?,21-,22+. The summed E-state index contributed by atoms with van der Waals surface area (Å²) in [6.45, 7) is 3.98. The third kappa shape index (κ3) is 4.10. The molecule has 2 aromatic rings. The molecule has 168 valence electrons. The summed E-state index contributed by atoms with van der Waals surface area (Å²) in [5.41, 5.74) is 1.10. The van der Waals surface area contributed by atoms with E-state index in [0.717, 1.165) is 49.9 Å². The zero-order valence-electron chi connectivity index (χ0n) is 18.9. The first kappa shape index (κ1) is 21.0. The fourth-order valence-corrected chi connectivity index (χ4v) is 5.19. The van der Waals surface area contributed by atoms with Gasteiger partial charge in [0.15, 0.2) is 0 Å². The average molecular weight is 433 g/mol. The van der Waals surface area contributed by atoms with Crippen LogP contribution in [0.2, 0.25) is 0 Å². The Hall–Kier alpha value is -2.89. The number of benzene rings is 1. The number of amides is 2. The van der Waals surface area contributed by atoms with E-state index in [1.807, 2.05) is 56.3 Å². The first-order valence-corrected chi connectivity index (χ1v) is 11.8. The van der Waals surface area contributed by atoms with E-state index in [1.54, 1.807) is 6.20 Å².